The Balaban J connectivity index is 2.00. The second-order valence-corrected chi connectivity index (χ2v) is 4.41. The lowest BCUT2D eigenvalue weighted by Crippen LogP contribution is -1.81. The van der Waals surface area contributed by atoms with Gasteiger partial charge in [0.15, 0.2) is 12.0 Å². The summed E-state index contributed by atoms with van der Waals surface area (Å²) >= 11 is 0. The average molecular weight is 266 g/mol. The minimum Gasteiger partial charge on any atom is -0.453 e. The first-order valence-electron chi connectivity index (χ1n) is 6.18. The van der Waals surface area contributed by atoms with Gasteiger partial charge in [0.05, 0.1) is 0 Å². The summed E-state index contributed by atoms with van der Waals surface area (Å²) in [5, 5.41) is 0. The maximum Gasteiger partial charge on any atom is 0.185 e. The van der Waals surface area contributed by atoms with Gasteiger partial charge in [0.2, 0.25) is 0 Å². The lowest BCUT2D eigenvalue weighted by Gasteiger charge is -2.04. The van der Waals surface area contributed by atoms with Crippen LogP contribution in [0.15, 0.2) is 65.1 Å². The molecule has 0 radical (unpaired) electrons. The van der Waals surface area contributed by atoms with E-state index in [0.29, 0.717) is 17.8 Å². The molecule has 0 aliphatic carbocycles. The van der Waals surface area contributed by atoms with Crippen molar-refractivity contribution in [3.05, 3.63) is 72.2 Å². The van der Waals surface area contributed by atoms with E-state index in [4.69, 9.17) is 4.42 Å². The molecule has 3 heteroatoms. The molecule has 1 heterocycles. The van der Waals surface area contributed by atoms with E-state index in [1.54, 1.807) is 24.3 Å². The molecule has 0 aliphatic heterocycles. The average Bonchev–Trinajstić information content (AvgIpc) is 2.97. The number of hydrogen-bond acceptors (Lipinski definition) is 2. The molecule has 0 atom stereocenters. The zero-order chi connectivity index (χ0) is 13.9. The lowest BCUT2D eigenvalue weighted by molar-refractivity contribution is 0.110. The monoisotopic (exact) mass is 266 g/mol. The maximum absolute atomic E-state index is 12.9. The van der Waals surface area contributed by atoms with Gasteiger partial charge >= 0.3 is 0 Å². The number of furan rings is 1. The Morgan fingerprint density at radius 2 is 1.60 bits per heavy atom. The zero-order valence-corrected chi connectivity index (χ0v) is 10.5. The molecule has 0 bridgehead atoms. The quantitative estimate of drug-likeness (QED) is 0.650. The highest BCUT2D eigenvalue weighted by Crippen LogP contribution is 2.27. The Bertz CT molecular complexity index is 742. The molecular weight excluding hydrogens is 255 g/mol. The van der Waals surface area contributed by atoms with Crippen molar-refractivity contribution in [2.24, 2.45) is 0 Å². The predicted octanol–water partition coefficient (Wildman–Crippen LogP) is 4.57. The highest BCUT2D eigenvalue weighted by Gasteiger charge is 2.06. The van der Waals surface area contributed by atoms with E-state index in [1.807, 2.05) is 24.3 Å². The molecule has 98 valence electrons. The van der Waals surface area contributed by atoms with Gasteiger partial charge in [-0.15, -0.1) is 0 Å². The van der Waals surface area contributed by atoms with Crippen LogP contribution >= 0.6 is 0 Å². The second kappa shape index (κ2) is 5.13. The zero-order valence-electron chi connectivity index (χ0n) is 10.5. The fourth-order valence-corrected chi connectivity index (χ4v) is 2.07. The van der Waals surface area contributed by atoms with Gasteiger partial charge in [-0.25, -0.2) is 4.39 Å². The van der Waals surface area contributed by atoms with E-state index in [9.17, 15) is 9.18 Å². The Labute approximate surface area is 115 Å². The van der Waals surface area contributed by atoms with Crippen LogP contribution in [-0.2, 0) is 0 Å². The van der Waals surface area contributed by atoms with Gasteiger partial charge in [-0.05, 0) is 41.5 Å². The van der Waals surface area contributed by atoms with Crippen LogP contribution in [0.1, 0.15) is 10.6 Å². The van der Waals surface area contributed by atoms with E-state index in [-0.39, 0.29) is 5.82 Å². The van der Waals surface area contributed by atoms with Crippen molar-refractivity contribution in [2.75, 3.05) is 0 Å². The van der Waals surface area contributed by atoms with E-state index >= 15 is 0 Å². The highest BCUT2D eigenvalue weighted by atomic mass is 19.1. The second-order valence-electron chi connectivity index (χ2n) is 4.41. The van der Waals surface area contributed by atoms with Gasteiger partial charge < -0.3 is 4.42 Å². The van der Waals surface area contributed by atoms with Crippen molar-refractivity contribution in [1.82, 2.24) is 0 Å². The fraction of sp³-hybridized carbons (Fsp3) is 0. The van der Waals surface area contributed by atoms with Gasteiger partial charge in [0.25, 0.3) is 0 Å². The minimum absolute atomic E-state index is 0.258. The number of carbonyl (C=O) groups is 1. The molecule has 0 unspecified atom stereocenters. The van der Waals surface area contributed by atoms with E-state index < -0.39 is 0 Å². The highest BCUT2D eigenvalue weighted by molar-refractivity contribution is 5.74. The fourth-order valence-electron chi connectivity index (χ4n) is 2.07. The van der Waals surface area contributed by atoms with Crippen LogP contribution in [-0.4, -0.2) is 6.29 Å². The first-order valence-corrected chi connectivity index (χ1v) is 6.18. The van der Waals surface area contributed by atoms with Crippen LogP contribution in [0.25, 0.3) is 22.5 Å². The lowest BCUT2D eigenvalue weighted by atomic mass is 10.0. The summed E-state index contributed by atoms with van der Waals surface area (Å²) in [7, 11) is 0. The smallest absolute Gasteiger partial charge is 0.185 e. The summed E-state index contributed by atoms with van der Waals surface area (Å²) in [4.78, 5) is 10.6. The van der Waals surface area contributed by atoms with Crippen molar-refractivity contribution in [1.29, 1.82) is 0 Å². The van der Waals surface area contributed by atoms with Gasteiger partial charge in [0, 0.05) is 5.56 Å². The molecule has 0 fully saturated rings. The van der Waals surface area contributed by atoms with Crippen molar-refractivity contribution in [3.8, 4) is 22.5 Å². The SMILES string of the molecule is O=Cc1ccc(-c2cccc(-c3ccc(F)cc3)c2)o1. The molecule has 20 heavy (non-hydrogen) atoms. The Morgan fingerprint density at radius 1 is 0.850 bits per heavy atom. The van der Waals surface area contributed by atoms with E-state index in [2.05, 4.69) is 0 Å². The summed E-state index contributed by atoms with van der Waals surface area (Å²) < 4.78 is 18.3. The van der Waals surface area contributed by atoms with Gasteiger partial charge in [0.1, 0.15) is 11.6 Å². The summed E-state index contributed by atoms with van der Waals surface area (Å²) in [6.45, 7) is 0. The summed E-state index contributed by atoms with van der Waals surface area (Å²) in [6.07, 6.45) is 0.674. The van der Waals surface area contributed by atoms with Crippen molar-refractivity contribution < 1.29 is 13.6 Å². The molecule has 0 spiro atoms. The van der Waals surface area contributed by atoms with E-state index in [0.717, 1.165) is 16.7 Å². The van der Waals surface area contributed by atoms with Crippen LogP contribution in [0.4, 0.5) is 4.39 Å². The summed E-state index contributed by atoms with van der Waals surface area (Å²) in [5.41, 5.74) is 2.77. The third-order valence-corrected chi connectivity index (χ3v) is 3.07. The molecule has 3 rings (SSSR count). The molecule has 3 aromatic rings. The largest absolute Gasteiger partial charge is 0.453 e. The molecule has 0 amide bonds. The Hall–Kier alpha value is -2.68. The van der Waals surface area contributed by atoms with Crippen LogP contribution in [0.2, 0.25) is 0 Å². The molecule has 0 N–H and O–H groups in total. The van der Waals surface area contributed by atoms with Gasteiger partial charge in [-0.1, -0.05) is 30.3 Å². The van der Waals surface area contributed by atoms with Crippen molar-refractivity contribution in [3.63, 3.8) is 0 Å². The van der Waals surface area contributed by atoms with Crippen LogP contribution in [0, 0.1) is 5.82 Å². The number of aldehydes is 1. The topological polar surface area (TPSA) is 30.2 Å². The molecule has 0 aliphatic rings. The third-order valence-electron chi connectivity index (χ3n) is 3.07. The summed E-state index contributed by atoms with van der Waals surface area (Å²) in [6, 6.07) is 17.4. The maximum atomic E-state index is 12.9. The number of halogens is 1. The first kappa shape index (κ1) is 12.4. The number of carbonyl (C=O) groups excluding carboxylic acids is 1. The molecule has 1 aromatic heterocycles. The molecule has 2 nitrogen and oxygen atoms in total. The number of rotatable bonds is 3. The van der Waals surface area contributed by atoms with Crippen molar-refractivity contribution >= 4 is 6.29 Å². The number of hydrogen-bond donors (Lipinski definition) is 0. The molecule has 2 aromatic carbocycles. The summed E-state index contributed by atoms with van der Waals surface area (Å²) in [5.74, 6) is 0.676. The van der Waals surface area contributed by atoms with Gasteiger partial charge in [-0.3, -0.25) is 4.79 Å². The Morgan fingerprint density at radius 3 is 2.30 bits per heavy atom. The van der Waals surface area contributed by atoms with Crippen LogP contribution < -0.4 is 0 Å². The number of benzene rings is 2. The third kappa shape index (κ3) is 2.38. The van der Waals surface area contributed by atoms with Crippen molar-refractivity contribution in [2.45, 2.75) is 0 Å². The normalized spacial score (nSPS) is 10.4. The minimum atomic E-state index is -0.258. The standard InChI is InChI=1S/C17H11FO2/c18-15-6-4-12(5-7-15)13-2-1-3-14(10-13)17-9-8-16(11-19)20-17/h1-11H. The molecule has 0 saturated carbocycles. The van der Waals surface area contributed by atoms with Crippen LogP contribution in [0.3, 0.4) is 0 Å². The van der Waals surface area contributed by atoms with Crippen LogP contribution in [0.5, 0.6) is 0 Å². The molecular formula is C17H11FO2. The molecule has 0 saturated heterocycles. The first-order chi connectivity index (χ1) is 9.76. The Kier molecular flexibility index (Phi) is 3.17. The predicted molar refractivity (Wildman–Crippen MR) is 74.9 cm³/mol. The van der Waals surface area contributed by atoms with E-state index in [1.165, 1.54) is 12.1 Å². The van der Waals surface area contributed by atoms with Gasteiger partial charge in [-0.2, -0.15) is 0 Å².